The molecule has 28 heavy (non-hydrogen) atoms. The number of primary amides is 1. The zero-order chi connectivity index (χ0) is 20.6. The molecule has 0 bridgehead atoms. The van der Waals surface area contributed by atoms with E-state index in [1.54, 1.807) is 19.1 Å². The van der Waals surface area contributed by atoms with Gasteiger partial charge in [-0.3, -0.25) is 9.10 Å². The largest absolute Gasteiger partial charge is 0.486 e. The molecule has 0 radical (unpaired) electrons. The zero-order valence-electron chi connectivity index (χ0n) is 14.9. The summed E-state index contributed by atoms with van der Waals surface area (Å²) in [5.74, 6) is -1.27. The van der Waals surface area contributed by atoms with Crippen LogP contribution >= 0.6 is 11.6 Å². The second-order valence-electron chi connectivity index (χ2n) is 6.64. The molecule has 10 heteroatoms. The fourth-order valence-corrected chi connectivity index (χ4v) is 4.78. The van der Waals surface area contributed by atoms with Crippen LogP contribution in [0.3, 0.4) is 0 Å². The van der Waals surface area contributed by atoms with Crippen LogP contribution in [0.1, 0.15) is 13.3 Å². The molecule has 2 atom stereocenters. The van der Waals surface area contributed by atoms with Gasteiger partial charge in [0.1, 0.15) is 17.7 Å². The smallest absolute Gasteiger partial charge is 0.264 e. The number of hydrogen-bond donors (Lipinski definition) is 2. The van der Waals surface area contributed by atoms with Crippen LogP contribution in [0.4, 0.5) is 15.8 Å². The van der Waals surface area contributed by atoms with Crippen LogP contribution in [0.2, 0.25) is 5.02 Å². The Balaban J connectivity index is 2.07. The molecule has 2 aromatic carbocycles. The number of nitrogens with two attached hydrogens (primary N) is 2. The molecule has 0 saturated carbocycles. The topological polar surface area (TPSA) is 116 Å². The van der Waals surface area contributed by atoms with Gasteiger partial charge in [-0.1, -0.05) is 18.5 Å². The summed E-state index contributed by atoms with van der Waals surface area (Å²) in [4.78, 5) is 11.1. The van der Waals surface area contributed by atoms with E-state index in [1.807, 2.05) is 0 Å². The van der Waals surface area contributed by atoms with Gasteiger partial charge in [0.2, 0.25) is 5.91 Å². The van der Waals surface area contributed by atoms with Crippen LogP contribution in [0.5, 0.6) is 5.75 Å². The molecule has 150 valence electrons. The number of ether oxygens (including phenoxy) is 1. The standard InChI is InChI=1S/C18H19ClFN3O4S/c1-10(6-18(22)24)17-9-23(15-7-11(21)2-5-16(15)27-17)28(25,26)12-3-4-14(20)13(19)8-12/h2-5,7-8,10,17H,6,9,21H2,1H3,(H2,22,24)/t10-,17+/m1/s1. The Kier molecular flexibility index (Phi) is 5.40. The van der Waals surface area contributed by atoms with E-state index < -0.39 is 27.9 Å². The quantitative estimate of drug-likeness (QED) is 0.711. The molecule has 7 nitrogen and oxygen atoms in total. The van der Waals surface area contributed by atoms with E-state index >= 15 is 0 Å². The van der Waals surface area contributed by atoms with Crippen molar-refractivity contribution in [3.05, 3.63) is 47.2 Å². The molecule has 0 spiro atoms. The Morgan fingerprint density at radius 2 is 2.07 bits per heavy atom. The summed E-state index contributed by atoms with van der Waals surface area (Å²) in [6, 6.07) is 7.80. The fraction of sp³-hybridized carbons (Fsp3) is 0.278. The van der Waals surface area contributed by atoms with Gasteiger partial charge in [0, 0.05) is 18.0 Å². The number of halogens is 2. The molecule has 1 amide bonds. The fourth-order valence-electron chi connectivity index (χ4n) is 3.03. The Hall–Kier alpha value is -2.52. The first-order valence-electron chi connectivity index (χ1n) is 8.42. The van der Waals surface area contributed by atoms with Crippen molar-refractivity contribution in [1.82, 2.24) is 0 Å². The summed E-state index contributed by atoms with van der Waals surface area (Å²) in [6.07, 6.45) is -0.583. The number of hydrogen-bond acceptors (Lipinski definition) is 5. The van der Waals surface area contributed by atoms with Gasteiger partial charge in [0.15, 0.2) is 0 Å². The number of amides is 1. The van der Waals surface area contributed by atoms with Crippen LogP contribution in [0, 0.1) is 11.7 Å². The van der Waals surface area contributed by atoms with Gasteiger partial charge in [-0.15, -0.1) is 0 Å². The first-order valence-corrected chi connectivity index (χ1v) is 10.2. The minimum Gasteiger partial charge on any atom is -0.486 e. The summed E-state index contributed by atoms with van der Waals surface area (Å²) in [7, 11) is -4.10. The lowest BCUT2D eigenvalue weighted by Gasteiger charge is -2.37. The molecule has 0 aliphatic carbocycles. The van der Waals surface area contributed by atoms with Gasteiger partial charge in [-0.05, 0) is 36.4 Å². The minimum absolute atomic E-state index is 0.0330. The van der Waals surface area contributed by atoms with Crippen molar-refractivity contribution in [3.8, 4) is 5.75 Å². The third kappa shape index (κ3) is 3.85. The third-order valence-electron chi connectivity index (χ3n) is 4.51. The molecule has 0 fully saturated rings. The van der Waals surface area contributed by atoms with Gasteiger partial charge >= 0.3 is 0 Å². The van der Waals surface area contributed by atoms with E-state index in [9.17, 15) is 17.6 Å². The predicted molar refractivity (Wildman–Crippen MR) is 104 cm³/mol. The maximum atomic E-state index is 13.5. The molecule has 0 unspecified atom stereocenters. The number of rotatable bonds is 5. The number of nitrogens with zero attached hydrogens (tertiary/aromatic N) is 1. The van der Waals surface area contributed by atoms with Crippen LogP contribution in [-0.4, -0.2) is 27.0 Å². The lowest BCUT2D eigenvalue weighted by atomic mass is 9.99. The maximum Gasteiger partial charge on any atom is 0.264 e. The van der Waals surface area contributed by atoms with E-state index in [4.69, 9.17) is 27.8 Å². The van der Waals surface area contributed by atoms with E-state index in [0.717, 1.165) is 22.5 Å². The molecular formula is C18H19ClFN3O4S. The first-order chi connectivity index (χ1) is 13.1. The Morgan fingerprint density at radius 3 is 2.71 bits per heavy atom. The number of carbonyl (C=O) groups is 1. The summed E-state index contributed by atoms with van der Waals surface area (Å²) >= 11 is 5.77. The predicted octanol–water partition coefficient (Wildman–Crippen LogP) is 2.53. The minimum atomic E-state index is -4.10. The van der Waals surface area contributed by atoms with Crippen molar-refractivity contribution in [2.45, 2.75) is 24.3 Å². The number of sulfonamides is 1. The Bertz CT molecular complexity index is 1030. The average molecular weight is 428 g/mol. The molecule has 1 aliphatic heterocycles. The highest BCUT2D eigenvalue weighted by molar-refractivity contribution is 7.92. The van der Waals surface area contributed by atoms with Gasteiger partial charge < -0.3 is 16.2 Å². The van der Waals surface area contributed by atoms with Crippen molar-refractivity contribution in [2.75, 3.05) is 16.6 Å². The normalized spacial score (nSPS) is 17.5. The highest BCUT2D eigenvalue weighted by Crippen LogP contribution is 2.40. The van der Waals surface area contributed by atoms with E-state index in [0.29, 0.717) is 11.4 Å². The van der Waals surface area contributed by atoms with Gasteiger partial charge in [0.05, 0.1) is 22.2 Å². The average Bonchev–Trinajstić information content (AvgIpc) is 2.62. The third-order valence-corrected chi connectivity index (χ3v) is 6.58. The first kappa shape index (κ1) is 20.2. The molecule has 0 saturated heterocycles. The molecule has 1 heterocycles. The second-order valence-corrected chi connectivity index (χ2v) is 8.91. The highest BCUT2D eigenvalue weighted by Gasteiger charge is 2.37. The van der Waals surface area contributed by atoms with Gasteiger partial charge in [-0.25, -0.2) is 12.8 Å². The van der Waals surface area contributed by atoms with E-state index in [1.165, 1.54) is 6.07 Å². The monoisotopic (exact) mass is 427 g/mol. The Labute approximate surface area is 167 Å². The van der Waals surface area contributed by atoms with Crippen LogP contribution in [0.25, 0.3) is 0 Å². The maximum absolute atomic E-state index is 13.5. The SMILES string of the molecule is C[C@H](CC(N)=O)[C@@H]1CN(S(=O)(=O)c2ccc(F)c(Cl)c2)c2cc(N)ccc2O1. The number of anilines is 2. The number of nitrogen functional groups attached to an aromatic ring is 1. The Morgan fingerprint density at radius 1 is 1.36 bits per heavy atom. The zero-order valence-corrected chi connectivity index (χ0v) is 16.5. The van der Waals surface area contributed by atoms with Crippen molar-refractivity contribution in [2.24, 2.45) is 11.7 Å². The second kappa shape index (κ2) is 7.48. The molecule has 2 aromatic rings. The molecular weight excluding hydrogens is 409 g/mol. The van der Waals surface area contributed by atoms with Gasteiger partial charge in [-0.2, -0.15) is 0 Å². The number of carbonyl (C=O) groups excluding carboxylic acids is 1. The summed E-state index contributed by atoms with van der Waals surface area (Å²) in [6.45, 7) is 1.68. The van der Waals surface area contributed by atoms with Crippen molar-refractivity contribution in [3.63, 3.8) is 0 Å². The summed E-state index contributed by atoms with van der Waals surface area (Å²) in [5.41, 5.74) is 11.7. The van der Waals surface area contributed by atoms with Crippen LogP contribution in [0.15, 0.2) is 41.3 Å². The lowest BCUT2D eigenvalue weighted by molar-refractivity contribution is -0.119. The van der Waals surface area contributed by atoms with Crippen molar-refractivity contribution < 1.29 is 22.3 Å². The van der Waals surface area contributed by atoms with Crippen molar-refractivity contribution >= 4 is 38.9 Å². The number of fused-ring (bicyclic) bond motifs is 1. The molecule has 3 rings (SSSR count). The van der Waals surface area contributed by atoms with E-state index in [-0.39, 0.29) is 34.5 Å². The highest BCUT2D eigenvalue weighted by atomic mass is 35.5. The lowest BCUT2D eigenvalue weighted by Crippen LogP contribution is -2.46. The van der Waals surface area contributed by atoms with Crippen molar-refractivity contribution in [1.29, 1.82) is 0 Å². The number of benzene rings is 2. The summed E-state index contributed by atoms with van der Waals surface area (Å²) in [5, 5.41) is -0.305. The summed E-state index contributed by atoms with van der Waals surface area (Å²) < 4.78 is 47.1. The molecule has 4 N–H and O–H groups in total. The van der Waals surface area contributed by atoms with Crippen LogP contribution in [-0.2, 0) is 14.8 Å². The van der Waals surface area contributed by atoms with Crippen LogP contribution < -0.4 is 20.5 Å². The van der Waals surface area contributed by atoms with E-state index in [2.05, 4.69) is 0 Å². The molecule has 1 aliphatic rings. The van der Waals surface area contributed by atoms with Gasteiger partial charge in [0.25, 0.3) is 10.0 Å². The molecule has 0 aromatic heterocycles.